The van der Waals surface area contributed by atoms with Crippen LogP contribution in [-0.2, 0) is 21.6 Å². The highest BCUT2D eigenvalue weighted by atomic mass is 19.1. The van der Waals surface area contributed by atoms with Crippen molar-refractivity contribution in [3.8, 4) is 11.5 Å². The summed E-state index contributed by atoms with van der Waals surface area (Å²) in [5.74, 6) is -0.110. The van der Waals surface area contributed by atoms with E-state index in [1.54, 1.807) is 12.1 Å². The molecule has 5 heteroatoms. The van der Waals surface area contributed by atoms with Crippen LogP contribution in [0.15, 0.2) is 65.3 Å². The number of rotatable bonds is 5. The zero-order chi connectivity index (χ0) is 18.0. The van der Waals surface area contributed by atoms with Crippen molar-refractivity contribution in [1.29, 1.82) is 0 Å². The molecule has 132 valence electrons. The summed E-state index contributed by atoms with van der Waals surface area (Å²) in [6.45, 7) is 0.0537. The van der Waals surface area contributed by atoms with Crippen molar-refractivity contribution in [2.45, 2.75) is 31.3 Å². The number of benzene rings is 2. The number of aromatic nitrogens is 1. The Labute approximate surface area is 150 Å². The molecule has 0 atom stereocenters. The van der Waals surface area contributed by atoms with E-state index in [4.69, 9.17) is 9.15 Å². The van der Waals surface area contributed by atoms with Crippen molar-refractivity contribution in [3.05, 3.63) is 77.9 Å². The maximum absolute atomic E-state index is 13.2. The van der Waals surface area contributed by atoms with Crippen LogP contribution >= 0.6 is 0 Å². The van der Waals surface area contributed by atoms with Gasteiger partial charge in [0.25, 0.3) is 0 Å². The van der Waals surface area contributed by atoms with E-state index in [-0.39, 0.29) is 18.4 Å². The highest BCUT2D eigenvalue weighted by molar-refractivity contribution is 5.84. The third-order valence-corrected chi connectivity index (χ3v) is 4.92. The smallest absolute Gasteiger partial charge is 0.316 e. The summed E-state index contributed by atoms with van der Waals surface area (Å²) < 4.78 is 24.2. The molecule has 0 saturated heterocycles. The first-order chi connectivity index (χ1) is 12.7. The second-order valence-electron chi connectivity index (χ2n) is 6.53. The number of ether oxygens (including phenoxy) is 1. The van der Waals surface area contributed by atoms with Crippen molar-refractivity contribution in [3.63, 3.8) is 0 Å². The lowest BCUT2D eigenvalue weighted by atomic mass is 9.64. The molecule has 0 bridgehead atoms. The lowest BCUT2D eigenvalue weighted by Crippen LogP contribution is -2.43. The largest absolute Gasteiger partial charge is 0.458 e. The summed E-state index contributed by atoms with van der Waals surface area (Å²) in [6, 6.07) is 15.6. The molecular weight excluding hydrogens is 333 g/mol. The Morgan fingerprint density at radius 2 is 1.85 bits per heavy atom. The van der Waals surface area contributed by atoms with Crippen LogP contribution in [0.2, 0.25) is 0 Å². The molecule has 4 rings (SSSR count). The van der Waals surface area contributed by atoms with Gasteiger partial charge in [0.05, 0.1) is 5.41 Å². The topological polar surface area (TPSA) is 52.3 Å². The van der Waals surface area contributed by atoms with Crippen molar-refractivity contribution in [1.82, 2.24) is 4.98 Å². The molecule has 0 spiro atoms. The molecule has 0 radical (unpaired) electrons. The number of nitrogens with zero attached hydrogens (tertiary/aromatic N) is 1. The Hall–Kier alpha value is -2.95. The first kappa shape index (κ1) is 16.5. The first-order valence-electron chi connectivity index (χ1n) is 8.60. The van der Waals surface area contributed by atoms with Crippen molar-refractivity contribution in [2.24, 2.45) is 0 Å². The molecule has 1 aliphatic rings. The number of halogens is 1. The van der Waals surface area contributed by atoms with Crippen LogP contribution in [0.5, 0.6) is 0 Å². The SMILES string of the molecule is O=C(OCc1coc(-c2ccccc2)n1)C1(c2ccc(F)cc2)CCC1. The molecule has 0 amide bonds. The van der Waals surface area contributed by atoms with Gasteiger partial charge in [0.15, 0.2) is 0 Å². The van der Waals surface area contributed by atoms with E-state index in [9.17, 15) is 9.18 Å². The highest BCUT2D eigenvalue weighted by Gasteiger charge is 2.47. The van der Waals surface area contributed by atoms with E-state index in [1.165, 1.54) is 18.4 Å². The Bertz CT molecular complexity index is 899. The lowest BCUT2D eigenvalue weighted by molar-refractivity contribution is -0.156. The van der Waals surface area contributed by atoms with Crippen LogP contribution in [0.25, 0.3) is 11.5 Å². The standard InChI is InChI=1S/C21H18FNO3/c22-17-9-7-16(8-10-17)21(11-4-12-21)20(24)26-14-18-13-25-19(23-18)15-5-2-1-3-6-15/h1-3,5-10,13H,4,11-12,14H2. The maximum Gasteiger partial charge on any atom is 0.316 e. The van der Waals surface area contributed by atoms with Gasteiger partial charge < -0.3 is 9.15 Å². The number of esters is 1. The molecule has 26 heavy (non-hydrogen) atoms. The average molecular weight is 351 g/mol. The molecule has 3 aromatic rings. The summed E-state index contributed by atoms with van der Waals surface area (Å²) >= 11 is 0. The second-order valence-corrected chi connectivity index (χ2v) is 6.53. The van der Waals surface area contributed by atoms with Gasteiger partial charge in [-0.3, -0.25) is 4.79 Å². The molecule has 1 aromatic heterocycles. The zero-order valence-electron chi connectivity index (χ0n) is 14.2. The molecule has 4 nitrogen and oxygen atoms in total. The third-order valence-electron chi connectivity index (χ3n) is 4.92. The van der Waals surface area contributed by atoms with E-state index in [2.05, 4.69) is 4.98 Å². The summed E-state index contributed by atoms with van der Waals surface area (Å²) in [7, 11) is 0. The minimum Gasteiger partial charge on any atom is -0.458 e. The minimum absolute atomic E-state index is 0.0537. The van der Waals surface area contributed by atoms with Gasteiger partial charge >= 0.3 is 5.97 Å². The number of hydrogen-bond acceptors (Lipinski definition) is 4. The summed E-state index contributed by atoms with van der Waals surface area (Å²) in [5, 5.41) is 0. The van der Waals surface area contributed by atoms with E-state index in [0.29, 0.717) is 24.4 Å². The predicted molar refractivity (Wildman–Crippen MR) is 93.7 cm³/mol. The van der Waals surface area contributed by atoms with Gasteiger partial charge in [-0.25, -0.2) is 9.37 Å². The quantitative estimate of drug-likeness (QED) is 0.628. The van der Waals surface area contributed by atoms with Crippen molar-refractivity contribution >= 4 is 5.97 Å². The third kappa shape index (κ3) is 3.01. The summed E-state index contributed by atoms with van der Waals surface area (Å²) in [6.07, 6.45) is 3.88. The van der Waals surface area contributed by atoms with Crippen LogP contribution in [-0.4, -0.2) is 11.0 Å². The van der Waals surface area contributed by atoms with Gasteiger partial charge in [0.1, 0.15) is 24.4 Å². The van der Waals surface area contributed by atoms with Crippen LogP contribution in [0, 0.1) is 5.82 Å². The molecule has 2 aromatic carbocycles. The molecule has 1 saturated carbocycles. The number of carbonyl (C=O) groups excluding carboxylic acids is 1. The zero-order valence-corrected chi connectivity index (χ0v) is 14.2. The molecule has 1 aliphatic carbocycles. The Morgan fingerprint density at radius 1 is 1.12 bits per heavy atom. The molecule has 1 heterocycles. The fourth-order valence-corrected chi connectivity index (χ4v) is 3.27. The maximum atomic E-state index is 13.2. The molecule has 0 aliphatic heterocycles. The first-order valence-corrected chi connectivity index (χ1v) is 8.60. The van der Waals surface area contributed by atoms with Crippen molar-refractivity contribution in [2.75, 3.05) is 0 Å². The normalized spacial score (nSPS) is 15.3. The monoisotopic (exact) mass is 351 g/mol. The predicted octanol–water partition coefficient (Wildman–Crippen LogP) is 4.65. The molecule has 0 N–H and O–H groups in total. The fourth-order valence-electron chi connectivity index (χ4n) is 3.27. The van der Waals surface area contributed by atoms with Gasteiger partial charge in [-0.05, 0) is 42.7 Å². The average Bonchev–Trinajstić information content (AvgIpc) is 3.10. The van der Waals surface area contributed by atoms with E-state index < -0.39 is 5.41 Å². The van der Waals surface area contributed by atoms with E-state index >= 15 is 0 Å². The Kier molecular flexibility index (Phi) is 4.29. The Balaban J connectivity index is 1.45. The number of hydrogen-bond donors (Lipinski definition) is 0. The molecule has 1 fully saturated rings. The minimum atomic E-state index is -0.667. The number of carbonyl (C=O) groups is 1. The van der Waals surface area contributed by atoms with E-state index in [1.807, 2.05) is 30.3 Å². The van der Waals surface area contributed by atoms with Gasteiger partial charge in [-0.2, -0.15) is 0 Å². The van der Waals surface area contributed by atoms with Crippen LogP contribution in [0.4, 0.5) is 4.39 Å². The van der Waals surface area contributed by atoms with Gasteiger partial charge in [0, 0.05) is 5.56 Å². The van der Waals surface area contributed by atoms with Crippen molar-refractivity contribution < 1.29 is 18.3 Å². The Morgan fingerprint density at radius 3 is 2.50 bits per heavy atom. The lowest BCUT2D eigenvalue weighted by Gasteiger charge is -2.39. The second kappa shape index (κ2) is 6.75. The van der Waals surface area contributed by atoms with Gasteiger partial charge in [-0.15, -0.1) is 0 Å². The summed E-state index contributed by atoms with van der Waals surface area (Å²) in [4.78, 5) is 17.1. The van der Waals surface area contributed by atoms with Crippen LogP contribution < -0.4 is 0 Å². The highest BCUT2D eigenvalue weighted by Crippen LogP contribution is 2.45. The molecule has 0 unspecified atom stereocenters. The summed E-state index contributed by atoms with van der Waals surface area (Å²) in [5.41, 5.74) is 1.57. The molecular formula is C21H18FNO3. The van der Waals surface area contributed by atoms with Gasteiger partial charge in [-0.1, -0.05) is 36.8 Å². The fraction of sp³-hybridized carbons (Fsp3) is 0.238. The van der Waals surface area contributed by atoms with Gasteiger partial charge in [0.2, 0.25) is 5.89 Å². The van der Waals surface area contributed by atoms with Crippen LogP contribution in [0.3, 0.4) is 0 Å². The number of oxazole rings is 1. The van der Waals surface area contributed by atoms with Crippen LogP contribution in [0.1, 0.15) is 30.5 Å². The van der Waals surface area contributed by atoms with E-state index in [0.717, 1.165) is 17.5 Å².